The molecule has 2 N–H and O–H groups in total. The van der Waals surface area contributed by atoms with Crippen LogP contribution >= 0.6 is 0 Å². The zero-order valence-electron chi connectivity index (χ0n) is 11.4. The molecule has 1 heterocycles. The molecule has 0 aliphatic carbocycles. The quantitative estimate of drug-likeness (QED) is 0.916. The van der Waals surface area contributed by atoms with Gasteiger partial charge in [-0.25, -0.2) is 0 Å². The van der Waals surface area contributed by atoms with Crippen LogP contribution in [0.25, 0.3) is 0 Å². The van der Waals surface area contributed by atoms with Crippen LogP contribution in [0.4, 0.5) is 13.2 Å². The fraction of sp³-hybridized carbons (Fsp3) is 0.385. The van der Waals surface area contributed by atoms with Crippen molar-refractivity contribution in [1.82, 2.24) is 15.0 Å². The second kappa shape index (κ2) is 6.23. The fourth-order valence-corrected chi connectivity index (χ4v) is 1.89. The Morgan fingerprint density at radius 2 is 2.05 bits per heavy atom. The maximum Gasteiger partial charge on any atom is 0.416 e. The van der Waals surface area contributed by atoms with Gasteiger partial charge < -0.3 is 10.3 Å². The minimum absolute atomic E-state index is 0.157. The Hall–Kier alpha value is -1.93. The van der Waals surface area contributed by atoms with Gasteiger partial charge in [0, 0.05) is 6.54 Å². The van der Waals surface area contributed by atoms with Gasteiger partial charge in [0.05, 0.1) is 18.7 Å². The van der Waals surface area contributed by atoms with E-state index in [1.165, 1.54) is 6.07 Å². The first-order chi connectivity index (χ1) is 9.88. The number of halogens is 3. The Morgan fingerprint density at radius 3 is 2.67 bits per heavy atom. The Kier molecular flexibility index (Phi) is 4.59. The number of rotatable bonds is 5. The Morgan fingerprint density at radius 1 is 1.29 bits per heavy atom. The van der Waals surface area contributed by atoms with Gasteiger partial charge in [-0.15, -0.1) is 0 Å². The highest BCUT2D eigenvalue weighted by Gasteiger charge is 2.30. The van der Waals surface area contributed by atoms with Crippen molar-refractivity contribution in [1.29, 1.82) is 0 Å². The molecule has 2 aromatic rings. The van der Waals surface area contributed by atoms with Crippen LogP contribution in [0.2, 0.25) is 0 Å². The summed E-state index contributed by atoms with van der Waals surface area (Å²) < 4.78 is 42.8. The van der Waals surface area contributed by atoms with Crippen LogP contribution in [0, 0.1) is 0 Å². The molecule has 0 aliphatic rings. The monoisotopic (exact) mass is 300 g/mol. The minimum atomic E-state index is -4.34. The molecule has 114 valence electrons. The summed E-state index contributed by atoms with van der Waals surface area (Å²) in [6.45, 7) is 0.862. The number of alkyl halides is 3. The van der Waals surface area contributed by atoms with Crippen molar-refractivity contribution in [3.8, 4) is 0 Å². The predicted molar refractivity (Wildman–Crippen MR) is 68.8 cm³/mol. The van der Waals surface area contributed by atoms with Crippen molar-refractivity contribution in [3.05, 3.63) is 47.1 Å². The standard InChI is InChI=1S/C13H15F3N4O/c1-20(8-11-18-12(6-17)21-19-11)7-9-3-2-4-10(5-9)13(14,15)16/h2-5H,6-8,17H2,1H3. The Bertz CT molecular complexity index is 597. The van der Waals surface area contributed by atoms with Crippen LogP contribution in [0.5, 0.6) is 0 Å². The van der Waals surface area contributed by atoms with E-state index in [1.54, 1.807) is 18.0 Å². The molecule has 0 amide bonds. The summed E-state index contributed by atoms with van der Waals surface area (Å²) in [4.78, 5) is 5.84. The minimum Gasteiger partial charge on any atom is -0.338 e. The highest BCUT2D eigenvalue weighted by atomic mass is 19.4. The summed E-state index contributed by atoms with van der Waals surface area (Å²) in [7, 11) is 1.76. The number of hydrogen-bond acceptors (Lipinski definition) is 5. The van der Waals surface area contributed by atoms with E-state index in [0.717, 1.165) is 12.1 Å². The summed E-state index contributed by atoms with van der Waals surface area (Å²) in [6, 6.07) is 5.23. The highest BCUT2D eigenvalue weighted by Crippen LogP contribution is 2.29. The van der Waals surface area contributed by atoms with Crippen molar-refractivity contribution in [2.75, 3.05) is 7.05 Å². The van der Waals surface area contributed by atoms with E-state index in [0.29, 0.717) is 30.4 Å². The van der Waals surface area contributed by atoms with Crippen molar-refractivity contribution >= 4 is 0 Å². The van der Waals surface area contributed by atoms with Crippen molar-refractivity contribution in [3.63, 3.8) is 0 Å². The van der Waals surface area contributed by atoms with Crippen LogP contribution in [0.1, 0.15) is 22.8 Å². The molecule has 2 rings (SSSR count). The molecule has 0 aliphatic heterocycles. The molecule has 0 saturated carbocycles. The van der Waals surface area contributed by atoms with E-state index >= 15 is 0 Å². The summed E-state index contributed by atoms with van der Waals surface area (Å²) >= 11 is 0. The third-order valence-electron chi connectivity index (χ3n) is 2.80. The molecule has 21 heavy (non-hydrogen) atoms. The molecule has 1 aromatic heterocycles. The number of hydrogen-bond donors (Lipinski definition) is 1. The average molecular weight is 300 g/mol. The van der Waals surface area contributed by atoms with Crippen LogP contribution < -0.4 is 5.73 Å². The molecule has 0 bridgehead atoms. The lowest BCUT2D eigenvalue weighted by atomic mass is 10.1. The number of aromatic nitrogens is 2. The molecule has 0 unspecified atom stereocenters. The largest absolute Gasteiger partial charge is 0.416 e. The summed E-state index contributed by atoms with van der Waals surface area (Å²) in [6.07, 6.45) is -4.34. The third-order valence-corrected chi connectivity index (χ3v) is 2.80. The van der Waals surface area contributed by atoms with Gasteiger partial charge in [0.15, 0.2) is 5.82 Å². The fourth-order valence-electron chi connectivity index (χ4n) is 1.89. The smallest absolute Gasteiger partial charge is 0.338 e. The van der Waals surface area contributed by atoms with Gasteiger partial charge in [0.2, 0.25) is 5.89 Å². The van der Waals surface area contributed by atoms with Gasteiger partial charge in [-0.05, 0) is 18.7 Å². The first kappa shape index (κ1) is 15.5. The number of benzene rings is 1. The predicted octanol–water partition coefficient (Wildman–Crippen LogP) is 2.18. The van der Waals surface area contributed by atoms with Gasteiger partial charge in [-0.1, -0.05) is 23.4 Å². The van der Waals surface area contributed by atoms with E-state index in [9.17, 15) is 13.2 Å². The molecule has 1 aromatic carbocycles. The molecule has 0 atom stereocenters. The molecule has 0 radical (unpaired) electrons. The maximum atomic E-state index is 12.6. The van der Waals surface area contributed by atoms with Crippen LogP contribution in [-0.2, 0) is 25.8 Å². The third kappa shape index (κ3) is 4.27. The molecule has 0 spiro atoms. The zero-order chi connectivity index (χ0) is 15.5. The second-order valence-corrected chi connectivity index (χ2v) is 4.68. The number of nitrogens with zero attached hydrogens (tertiary/aromatic N) is 3. The summed E-state index contributed by atoms with van der Waals surface area (Å²) in [5.41, 5.74) is 5.27. The molecule has 8 heteroatoms. The SMILES string of the molecule is CN(Cc1cccc(C(F)(F)F)c1)Cc1noc(CN)n1. The lowest BCUT2D eigenvalue weighted by Gasteiger charge is -2.15. The summed E-state index contributed by atoms with van der Waals surface area (Å²) in [5.74, 6) is 0.780. The van der Waals surface area contributed by atoms with Crippen LogP contribution in [0.3, 0.4) is 0 Å². The van der Waals surface area contributed by atoms with Crippen LogP contribution in [-0.4, -0.2) is 22.1 Å². The Labute approximate surface area is 119 Å². The zero-order valence-corrected chi connectivity index (χ0v) is 11.4. The molecule has 5 nitrogen and oxygen atoms in total. The van der Waals surface area contributed by atoms with Crippen molar-refractivity contribution in [2.45, 2.75) is 25.8 Å². The molecule has 0 fully saturated rings. The molecular weight excluding hydrogens is 285 g/mol. The van der Waals surface area contributed by atoms with Gasteiger partial charge in [-0.3, -0.25) is 4.90 Å². The normalized spacial score (nSPS) is 12.1. The topological polar surface area (TPSA) is 68.2 Å². The maximum absolute atomic E-state index is 12.6. The van der Waals surface area contributed by atoms with Gasteiger partial charge in [-0.2, -0.15) is 18.2 Å². The molecular formula is C13H15F3N4O. The van der Waals surface area contributed by atoms with Gasteiger partial charge in [0.25, 0.3) is 0 Å². The van der Waals surface area contributed by atoms with Crippen molar-refractivity contribution < 1.29 is 17.7 Å². The first-order valence-corrected chi connectivity index (χ1v) is 6.24. The van der Waals surface area contributed by atoms with Gasteiger partial charge in [0.1, 0.15) is 0 Å². The van der Waals surface area contributed by atoms with E-state index < -0.39 is 11.7 Å². The van der Waals surface area contributed by atoms with E-state index in [1.807, 2.05) is 0 Å². The Balaban J connectivity index is 2.00. The summed E-state index contributed by atoms with van der Waals surface area (Å²) in [5, 5.41) is 3.74. The van der Waals surface area contributed by atoms with Gasteiger partial charge >= 0.3 is 6.18 Å². The second-order valence-electron chi connectivity index (χ2n) is 4.68. The highest BCUT2D eigenvalue weighted by molar-refractivity contribution is 5.25. The van der Waals surface area contributed by atoms with Crippen LogP contribution in [0.15, 0.2) is 28.8 Å². The lowest BCUT2D eigenvalue weighted by molar-refractivity contribution is -0.137. The van der Waals surface area contributed by atoms with E-state index in [2.05, 4.69) is 10.1 Å². The average Bonchev–Trinajstić information content (AvgIpc) is 2.85. The van der Waals surface area contributed by atoms with E-state index in [-0.39, 0.29) is 6.54 Å². The van der Waals surface area contributed by atoms with E-state index in [4.69, 9.17) is 10.3 Å². The molecule has 0 saturated heterocycles. The van der Waals surface area contributed by atoms with Crippen molar-refractivity contribution in [2.24, 2.45) is 5.73 Å². The number of nitrogens with two attached hydrogens (primary N) is 1. The first-order valence-electron chi connectivity index (χ1n) is 6.24. The lowest BCUT2D eigenvalue weighted by Crippen LogP contribution is -2.18.